The van der Waals surface area contributed by atoms with Gasteiger partial charge >= 0.3 is 0 Å². The molecule has 154 valence electrons. The molecule has 0 fully saturated rings. The van der Waals surface area contributed by atoms with Gasteiger partial charge in [0.2, 0.25) is 0 Å². The first-order valence-corrected chi connectivity index (χ1v) is 11.3. The Morgan fingerprint density at radius 3 is 1.67 bits per heavy atom. The van der Waals surface area contributed by atoms with Crippen LogP contribution in [0.5, 0.6) is 5.75 Å². The molecule has 1 rings (SSSR count). The number of ketones is 1. The number of aromatic hydroxyl groups is 1. The molecule has 27 heavy (non-hydrogen) atoms. The van der Waals surface area contributed by atoms with E-state index in [9.17, 15) is 9.90 Å². The quantitative estimate of drug-likeness (QED) is 0.169. The largest absolute Gasteiger partial charge is 0.507 e. The van der Waals surface area contributed by atoms with Crippen molar-refractivity contribution in [1.29, 1.82) is 0 Å². The van der Waals surface area contributed by atoms with Crippen LogP contribution in [0.15, 0.2) is 18.2 Å². The lowest BCUT2D eigenvalue weighted by Crippen LogP contribution is -2.04. The van der Waals surface area contributed by atoms with Gasteiger partial charge in [-0.25, -0.2) is 0 Å². The van der Waals surface area contributed by atoms with E-state index in [0.29, 0.717) is 17.7 Å². The van der Waals surface area contributed by atoms with E-state index >= 15 is 0 Å². The fraction of sp³-hybridized carbons (Fsp3) is 0.708. The molecular weight excluding hydrogens is 334 g/mol. The number of nitrogens with two attached hydrogens (primary N) is 1. The number of rotatable bonds is 17. The van der Waals surface area contributed by atoms with Gasteiger partial charge in [0.1, 0.15) is 5.75 Å². The first kappa shape index (κ1) is 23.5. The number of anilines is 1. The highest BCUT2D eigenvalue weighted by molar-refractivity contribution is 6.03. The van der Waals surface area contributed by atoms with Crippen LogP contribution in [0.4, 0.5) is 5.69 Å². The topological polar surface area (TPSA) is 63.3 Å². The summed E-state index contributed by atoms with van der Waals surface area (Å²) in [6, 6.07) is 4.85. The van der Waals surface area contributed by atoms with Crippen molar-refractivity contribution in [2.24, 2.45) is 0 Å². The molecule has 3 heteroatoms. The van der Waals surface area contributed by atoms with Crippen LogP contribution in [0.3, 0.4) is 0 Å². The summed E-state index contributed by atoms with van der Waals surface area (Å²) >= 11 is 0. The summed E-state index contributed by atoms with van der Waals surface area (Å²) in [7, 11) is 0. The van der Waals surface area contributed by atoms with E-state index in [-0.39, 0.29) is 11.5 Å². The Morgan fingerprint density at radius 2 is 1.22 bits per heavy atom. The van der Waals surface area contributed by atoms with Crippen LogP contribution in [0.2, 0.25) is 0 Å². The molecule has 1 aromatic rings. The van der Waals surface area contributed by atoms with Crippen LogP contribution >= 0.6 is 0 Å². The third kappa shape index (κ3) is 11.0. The number of Topliss-reactive ketones (excluding diaryl/α,β-unsaturated/α-hetero) is 1. The third-order valence-electron chi connectivity index (χ3n) is 5.36. The van der Waals surface area contributed by atoms with Gasteiger partial charge in [-0.3, -0.25) is 4.79 Å². The highest BCUT2D eigenvalue weighted by Gasteiger charge is 2.13. The molecule has 0 aromatic heterocycles. The second-order valence-electron chi connectivity index (χ2n) is 7.86. The van der Waals surface area contributed by atoms with Crippen molar-refractivity contribution in [3.63, 3.8) is 0 Å². The molecule has 0 saturated heterocycles. The average molecular weight is 376 g/mol. The zero-order chi connectivity index (χ0) is 19.7. The minimum absolute atomic E-state index is 0.000888. The Kier molecular flexibility index (Phi) is 13.5. The highest BCUT2D eigenvalue weighted by atomic mass is 16.3. The number of nitrogen functional groups attached to an aromatic ring is 1. The third-order valence-corrected chi connectivity index (χ3v) is 5.36. The van der Waals surface area contributed by atoms with Gasteiger partial charge in [-0.2, -0.15) is 0 Å². The summed E-state index contributed by atoms with van der Waals surface area (Å²) in [6.45, 7) is 2.27. The predicted molar refractivity (Wildman–Crippen MR) is 116 cm³/mol. The molecule has 0 unspecified atom stereocenters. The predicted octanol–water partition coefficient (Wildman–Crippen LogP) is 7.42. The van der Waals surface area contributed by atoms with Crippen molar-refractivity contribution in [2.75, 3.05) is 5.73 Å². The fourth-order valence-corrected chi connectivity index (χ4v) is 3.64. The molecule has 0 aliphatic rings. The number of phenols is 1. The number of carbonyl (C=O) groups is 1. The molecule has 0 amide bonds. The zero-order valence-electron chi connectivity index (χ0n) is 17.5. The first-order valence-electron chi connectivity index (χ1n) is 11.3. The Balaban J connectivity index is 1.90. The van der Waals surface area contributed by atoms with Crippen molar-refractivity contribution in [2.45, 2.75) is 110 Å². The maximum atomic E-state index is 12.2. The summed E-state index contributed by atoms with van der Waals surface area (Å²) in [4.78, 5) is 12.2. The van der Waals surface area contributed by atoms with Crippen molar-refractivity contribution in [1.82, 2.24) is 0 Å². The smallest absolute Gasteiger partial charge is 0.168 e. The van der Waals surface area contributed by atoms with E-state index in [1.54, 1.807) is 12.1 Å². The van der Waals surface area contributed by atoms with E-state index in [0.717, 1.165) is 12.8 Å². The number of phenolic OH excluding ortho intramolecular Hbond substituents is 1. The summed E-state index contributed by atoms with van der Waals surface area (Å²) in [5, 5.41) is 9.79. The number of benzene rings is 1. The van der Waals surface area contributed by atoms with Crippen molar-refractivity contribution < 1.29 is 9.90 Å². The summed E-state index contributed by atoms with van der Waals surface area (Å²) < 4.78 is 0. The SMILES string of the molecule is CCCCCCCCCCCCCCCCCC(=O)c1c(N)cccc1O. The molecule has 0 spiro atoms. The molecular formula is C24H41NO2. The van der Waals surface area contributed by atoms with Crippen LogP contribution in [0.1, 0.15) is 120 Å². The van der Waals surface area contributed by atoms with Crippen LogP contribution in [-0.4, -0.2) is 10.9 Å². The van der Waals surface area contributed by atoms with E-state index in [1.807, 2.05) is 0 Å². The Morgan fingerprint density at radius 1 is 0.778 bits per heavy atom. The number of carbonyl (C=O) groups excluding carboxylic acids is 1. The molecule has 0 atom stereocenters. The van der Waals surface area contributed by atoms with Gasteiger partial charge in [-0.15, -0.1) is 0 Å². The van der Waals surface area contributed by atoms with Gasteiger partial charge in [0, 0.05) is 12.1 Å². The minimum Gasteiger partial charge on any atom is -0.507 e. The van der Waals surface area contributed by atoms with E-state index in [1.165, 1.54) is 89.5 Å². The summed E-state index contributed by atoms with van der Waals surface area (Å²) in [6.07, 6.45) is 20.2. The van der Waals surface area contributed by atoms with Crippen LogP contribution in [0.25, 0.3) is 0 Å². The summed E-state index contributed by atoms with van der Waals surface area (Å²) in [5.74, 6) is -0.0405. The number of unbranched alkanes of at least 4 members (excludes halogenated alkanes) is 14. The molecule has 0 bridgehead atoms. The van der Waals surface area contributed by atoms with Gasteiger partial charge < -0.3 is 10.8 Å². The highest BCUT2D eigenvalue weighted by Crippen LogP contribution is 2.25. The lowest BCUT2D eigenvalue weighted by Gasteiger charge is -2.07. The monoisotopic (exact) mass is 375 g/mol. The number of hydrogen-bond donors (Lipinski definition) is 2. The molecule has 3 N–H and O–H groups in total. The minimum atomic E-state index is -0.0414. The lowest BCUT2D eigenvalue weighted by molar-refractivity contribution is 0.0977. The van der Waals surface area contributed by atoms with Gasteiger partial charge in [0.25, 0.3) is 0 Å². The maximum Gasteiger partial charge on any atom is 0.168 e. The molecule has 0 radical (unpaired) electrons. The van der Waals surface area contributed by atoms with E-state index < -0.39 is 0 Å². The number of hydrogen-bond acceptors (Lipinski definition) is 3. The Hall–Kier alpha value is -1.51. The second kappa shape index (κ2) is 15.5. The molecule has 0 aliphatic heterocycles. The Bertz CT molecular complexity index is 493. The first-order chi connectivity index (χ1) is 13.2. The van der Waals surface area contributed by atoms with Crippen LogP contribution in [0, 0.1) is 0 Å². The molecule has 3 nitrogen and oxygen atoms in total. The van der Waals surface area contributed by atoms with Gasteiger partial charge in [0.05, 0.1) is 5.56 Å². The lowest BCUT2D eigenvalue weighted by atomic mass is 10.0. The van der Waals surface area contributed by atoms with E-state index in [4.69, 9.17) is 5.73 Å². The van der Waals surface area contributed by atoms with Crippen molar-refractivity contribution in [3.05, 3.63) is 23.8 Å². The van der Waals surface area contributed by atoms with Crippen molar-refractivity contribution in [3.8, 4) is 5.75 Å². The van der Waals surface area contributed by atoms with E-state index in [2.05, 4.69) is 6.92 Å². The molecule has 1 aromatic carbocycles. The van der Waals surface area contributed by atoms with Gasteiger partial charge in [0.15, 0.2) is 5.78 Å². The Labute approximate surface area is 166 Å². The molecule has 0 saturated carbocycles. The van der Waals surface area contributed by atoms with Gasteiger partial charge in [-0.05, 0) is 18.6 Å². The normalized spacial score (nSPS) is 11.0. The van der Waals surface area contributed by atoms with Crippen LogP contribution in [-0.2, 0) is 0 Å². The maximum absolute atomic E-state index is 12.2. The van der Waals surface area contributed by atoms with Crippen LogP contribution < -0.4 is 5.73 Å². The molecule has 0 aliphatic carbocycles. The zero-order valence-corrected chi connectivity index (χ0v) is 17.5. The average Bonchev–Trinajstić information content (AvgIpc) is 2.64. The fourth-order valence-electron chi connectivity index (χ4n) is 3.64. The second-order valence-corrected chi connectivity index (χ2v) is 7.86. The summed E-state index contributed by atoms with van der Waals surface area (Å²) in [5.41, 5.74) is 6.47. The van der Waals surface area contributed by atoms with Crippen molar-refractivity contribution >= 4 is 11.5 Å². The standard InChI is InChI=1S/C24H41NO2/c1-2-3-4-5-6-7-8-9-10-11-12-13-14-15-16-19-22(26)24-21(25)18-17-20-23(24)27/h17-18,20,27H,2-16,19,25H2,1H3. The molecule has 0 heterocycles. The van der Waals surface area contributed by atoms with Gasteiger partial charge in [-0.1, -0.05) is 103 Å².